The molecule has 1 atom stereocenters. The first-order chi connectivity index (χ1) is 13.6. The monoisotopic (exact) mass is 427 g/mol. The first-order valence-electron chi connectivity index (χ1n) is 8.89. The number of hydrogen-bond acceptors (Lipinski definition) is 3. The molecule has 0 spiro atoms. The molecule has 0 aliphatic heterocycles. The van der Waals surface area contributed by atoms with Crippen molar-refractivity contribution in [3.63, 3.8) is 0 Å². The SMILES string of the molecule is CCN(CC(=O)Nc1ccccc1C(F)(F)F)C(C)C(=O)Nc1ccccc1Cl. The number of rotatable bonds is 7. The maximum Gasteiger partial charge on any atom is 0.418 e. The number of halogens is 4. The van der Waals surface area contributed by atoms with Crippen molar-refractivity contribution >= 4 is 34.8 Å². The number of amides is 2. The molecule has 0 bridgehead atoms. The number of benzene rings is 2. The number of alkyl halides is 3. The maximum absolute atomic E-state index is 13.1. The van der Waals surface area contributed by atoms with E-state index in [1.54, 1.807) is 38.1 Å². The highest BCUT2D eigenvalue weighted by Gasteiger charge is 2.33. The van der Waals surface area contributed by atoms with E-state index in [-0.39, 0.29) is 18.1 Å². The molecule has 2 aromatic carbocycles. The van der Waals surface area contributed by atoms with Crippen LogP contribution in [0.5, 0.6) is 0 Å². The van der Waals surface area contributed by atoms with Gasteiger partial charge in [-0.25, -0.2) is 0 Å². The van der Waals surface area contributed by atoms with Gasteiger partial charge in [-0.15, -0.1) is 0 Å². The Morgan fingerprint density at radius 3 is 2.21 bits per heavy atom. The van der Waals surface area contributed by atoms with E-state index < -0.39 is 23.7 Å². The van der Waals surface area contributed by atoms with Crippen LogP contribution in [0.2, 0.25) is 5.02 Å². The number of carbonyl (C=O) groups is 2. The van der Waals surface area contributed by atoms with E-state index >= 15 is 0 Å². The van der Waals surface area contributed by atoms with E-state index in [1.807, 2.05) is 0 Å². The summed E-state index contributed by atoms with van der Waals surface area (Å²) in [5, 5.41) is 5.34. The molecule has 2 rings (SSSR count). The summed E-state index contributed by atoms with van der Waals surface area (Å²) in [4.78, 5) is 26.4. The number of likely N-dealkylation sites (N-methyl/N-ethyl adjacent to an activating group) is 1. The summed E-state index contributed by atoms with van der Waals surface area (Å²) in [5.74, 6) is -1.04. The zero-order valence-electron chi connectivity index (χ0n) is 15.9. The lowest BCUT2D eigenvalue weighted by molar-refractivity contribution is -0.137. The van der Waals surface area contributed by atoms with Gasteiger partial charge in [-0.3, -0.25) is 14.5 Å². The van der Waals surface area contributed by atoms with Crippen LogP contribution in [0.15, 0.2) is 48.5 Å². The third-order valence-corrected chi connectivity index (χ3v) is 4.65. The van der Waals surface area contributed by atoms with Crippen molar-refractivity contribution in [1.29, 1.82) is 0 Å². The van der Waals surface area contributed by atoms with Crippen molar-refractivity contribution in [1.82, 2.24) is 4.90 Å². The van der Waals surface area contributed by atoms with Crippen LogP contribution in [0.4, 0.5) is 24.5 Å². The van der Waals surface area contributed by atoms with Gasteiger partial charge in [-0.2, -0.15) is 13.2 Å². The van der Waals surface area contributed by atoms with Gasteiger partial charge in [-0.1, -0.05) is 42.8 Å². The lowest BCUT2D eigenvalue weighted by Gasteiger charge is -2.26. The van der Waals surface area contributed by atoms with Gasteiger partial charge < -0.3 is 10.6 Å². The van der Waals surface area contributed by atoms with Gasteiger partial charge in [0, 0.05) is 0 Å². The smallest absolute Gasteiger partial charge is 0.324 e. The van der Waals surface area contributed by atoms with Crippen LogP contribution in [0, 0.1) is 0 Å². The molecule has 5 nitrogen and oxygen atoms in total. The van der Waals surface area contributed by atoms with Gasteiger partial charge in [0.05, 0.1) is 34.5 Å². The predicted molar refractivity (Wildman–Crippen MR) is 107 cm³/mol. The van der Waals surface area contributed by atoms with Crippen LogP contribution in [0.1, 0.15) is 19.4 Å². The second kappa shape index (κ2) is 9.76. The number of nitrogens with one attached hydrogen (secondary N) is 2. The summed E-state index contributed by atoms with van der Waals surface area (Å²) in [5.41, 5.74) is -0.819. The van der Waals surface area contributed by atoms with E-state index in [0.29, 0.717) is 17.3 Å². The minimum Gasteiger partial charge on any atom is -0.324 e. The van der Waals surface area contributed by atoms with E-state index in [0.717, 1.165) is 6.07 Å². The van der Waals surface area contributed by atoms with Gasteiger partial charge in [0.1, 0.15) is 0 Å². The van der Waals surface area contributed by atoms with Gasteiger partial charge in [0.15, 0.2) is 0 Å². The van der Waals surface area contributed by atoms with Gasteiger partial charge in [0.25, 0.3) is 0 Å². The molecular weight excluding hydrogens is 407 g/mol. The highest BCUT2D eigenvalue weighted by Crippen LogP contribution is 2.34. The molecule has 0 aromatic heterocycles. The Hall–Kier alpha value is -2.58. The standard InChI is InChI=1S/C20H21ClF3N3O2/c1-3-27(13(2)19(29)26-17-11-7-5-9-15(17)21)12-18(28)25-16-10-6-4-8-14(16)20(22,23)24/h4-11,13H,3,12H2,1-2H3,(H,25,28)(H,26,29). The van der Waals surface area contributed by atoms with Crippen LogP contribution >= 0.6 is 11.6 Å². The second-order valence-electron chi connectivity index (χ2n) is 6.30. The van der Waals surface area contributed by atoms with Crippen LogP contribution in [0.25, 0.3) is 0 Å². The van der Waals surface area contributed by atoms with Crippen molar-refractivity contribution in [2.45, 2.75) is 26.1 Å². The molecule has 0 fully saturated rings. The highest BCUT2D eigenvalue weighted by molar-refractivity contribution is 6.33. The Balaban J connectivity index is 2.04. The lowest BCUT2D eigenvalue weighted by atomic mass is 10.1. The maximum atomic E-state index is 13.1. The van der Waals surface area contributed by atoms with Gasteiger partial charge >= 0.3 is 6.18 Å². The number of anilines is 2. The molecule has 9 heteroatoms. The molecule has 0 aliphatic carbocycles. The molecule has 29 heavy (non-hydrogen) atoms. The van der Waals surface area contributed by atoms with Crippen molar-refractivity contribution in [3.05, 3.63) is 59.1 Å². The molecule has 2 N–H and O–H groups in total. The molecular formula is C20H21ClF3N3O2. The fourth-order valence-electron chi connectivity index (χ4n) is 2.70. The summed E-state index contributed by atoms with van der Waals surface area (Å²) >= 11 is 6.03. The third-order valence-electron chi connectivity index (χ3n) is 4.32. The minimum atomic E-state index is -4.59. The van der Waals surface area contributed by atoms with Crippen LogP contribution < -0.4 is 10.6 Å². The van der Waals surface area contributed by atoms with E-state index in [2.05, 4.69) is 10.6 Å². The number of hydrogen-bond donors (Lipinski definition) is 2. The summed E-state index contributed by atoms with van der Waals surface area (Å²) in [6, 6.07) is 10.7. The Labute approximate surface area is 171 Å². The first kappa shape index (κ1) is 22.7. The molecule has 0 saturated heterocycles. The third kappa shape index (κ3) is 6.20. The van der Waals surface area contributed by atoms with E-state index in [9.17, 15) is 22.8 Å². The summed E-state index contributed by atoms with van der Waals surface area (Å²) in [6.07, 6.45) is -4.59. The lowest BCUT2D eigenvalue weighted by Crippen LogP contribution is -2.45. The summed E-state index contributed by atoms with van der Waals surface area (Å²) in [6.45, 7) is 3.44. The van der Waals surface area contributed by atoms with Crippen molar-refractivity contribution in [2.24, 2.45) is 0 Å². The molecule has 0 aliphatic rings. The molecule has 0 heterocycles. The van der Waals surface area contributed by atoms with Crippen molar-refractivity contribution < 1.29 is 22.8 Å². The Bertz CT molecular complexity index is 874. The zero-order chi connectivity index (χ0) is 21.6. The van der Waals surface area contributed by atoms with E-state index in [4.69, 9.17) is 11.6 Å². The average Bonchev–Trinajstić information content (AvgIpc) is 2.67. The van der Waals surface area contributed by atoms with Crippen LogP contribution in [-0.4, -0.2) is 35.8 Å². The average molecular weight is 428 g/mol. The predicted octanol–water partition coefficient (Wildman–Crippen LogP) is 4.65. The number of nitrogens with zero attached hydrogens (tertiary/aromatic N) is 1. The molecule has 2 amide bonds. The minimum absolute atomic E-state index is 0.250. The topological polar surface area (TPSA) is 61.4 Å². The summed E-state index contributed by atoms with van der Waals surface area (Å²) in [7, 11) is 0. The summed E-state index contributed by atoms with van der Waals surface area (Å²) < 4.78 is 39.2. The normalized spacial score (nSPS) is 12.5. The van der Waals surface area contributed by atoms with Crippen LogP contribution in [0.3, 0.4) is 0 Å². The van der Waals surface area contributed by atoms with Gasteiger partial charge in [-0.05, 0) is 37.7 Å². The number of carbonyl (C=O) groups excluding carboxylic acids is 2. The second-order valence-corrected chi connectivity index (χ2v) is 6.71. The fourth-order valence-corrected chi connectivity index (χ4v) is 2.88. The first-order valence-corrected chi connectivity index (χ1v) is 9.26. The molecule has 0 radical (unpaired) electrons. The molecule has 0 saturated carbocycles. The highest BCUT2D eigenvalue weighted by atomic mass is 35.5. The molecule has 2 aromatic rings. The van der Waals surface area contributed by atoms with Crippen LogP contribution in [-0.2, 0) is 15.8 Å². The number of para-hydroxylation sites is 2. The quantitative estimate of drug-likeness (QED) is 0.676. The fraction of sp³-hybridized carbons (Fsp3) is 0.300. The van der Waals surface area contributed by atoms with E-state index in [1.165, 1.54) is 23.1 Å². The Kier molecular flexibility index (Phi) is 7.64. The van der Waals surface area contributed by atoms with Gasteiger partial charge in [0.2, 0.25) is 11.8 Å². The Morgan fingerprint density at radius 2 is 1.62 bits per heavy atom. The molecule has 156 valence electrons. The largest absolute Gasteiger partial charge is 0.418 e. The zero-order valence-corrected chi connectivity index (χ0v) is 16.6. The molecule has 1 unspecified atom stereocenters. The Morgan fingerprint density at radius 1 is 1.03 bits per heavy atom. The van der Waals surface area contributed by atoms with Crippen molar-refractivity contribution in [2.75, 3.05) is 23.7 Å². The van der Waals surface area contributed by atoms with Crippen molar-refractivity contribution in [3.8, 4) is 0 Å².